The summed E-state index contributed by atoms with van der Waals surface area (Å²) in [6.45, 7) is 7.17. The van der Waals surface area contributed by atoms with Gasteiger partial charge < -0.3 is 4.90 Å². The molecule has 0 N–H and O–H groups in total. The highest BCUT2D eigenvalue weighted by Gasteiger charge is 2.07. The largest absolute Gasteiger partial charge is 0.378 e. The Hall–Kier alpha value is -4.48. The third-order valence-corrected chi connectivity index (χ3v) is 6.15. The average Bonchev–Trinajstić information content (AvgIpc) is 3.28. The first-order valence-corrected chi connectivity index (χ1v) is 11.3. The van der Waals surface area contributed by atoms with Crippen molar-refractivity contribution in [3.63, 3.8) is 0 Å². The molecule has 7 nitrogen and oxygen atoms in total. The minimum Gasteiger partial charge on any atom is -0.378 e. The van der Waals surface area contributed by atoms with Gasteiger partial charge in [-0.05, 0) is 48.5 Å². The molecule has 5 aromatic rings. The smallest absolute Gasteiger partial charge is 0.231 e. The Labute approximate surface area is 200 Å². The van der Waals surface area contributed by atoms with Gasteiger partial charge in [0.1, 0.15) is 0 Å². The molecule has 34 heavy (non-hydrogen) atoms. The number of benzene rings is 4. The molecule has 0 aliphatic carbocycles. The summed E-state index contributed by atoms with van der Waals surface area (Å²) in [6.07, 6.45) is 0. The van der Waals surface area contributed by atoms with Crippen molar-refractivity contribution in [3.8, 4) is 0 Å². The molecule has 0 bridgehead atoms. The van der Waals surface area contributed by atoms with Gasteiger partial charge in [0.15, 0.2) is 5.69 Å². The van der Waals surface area contributed by atoms with Crippen molar-refractivity contribution in [3.05, 3.63) is 90.3 Å². The van der Waals surface area contributed by atoms with E-state index >= 15 is 0 Å². The van der Waals surface area contributed by atoms with E-state index in [1.807, 2.05) is 91.8 Å². The molecule has 0 unspecified atom stereocenters. The Morgan fingerprint density at radius 1 is 0.794 bits per heavy atom. The van der Waals surface area contributed by atoms with Crippen LogP contribution >= 0.6 is 11.3 Å². The minimum atomic E-state index is 0.547. The number of fused-ring (bicyclic) bond motifs is 2. The number of hydrogen-bond donors (Lipinski definition) is 0. The number of nitrogens with zero attached hydrogens (tertiary/aromatic N) is 7. The van der Waals surface area contributed by atoms with Gasteiger partial charge in [0.25, 0.3) is 0 Å². The first-order chi connectivity index (χ1) is 16.6. The van der Waals surface area contributed by atoms with E-state index in [4.69, 9.17) is 6.57 Å². The third kappa shape index (κ3) is 4.37. The molecule has 0 fully saturated rings. The Balaban J connectivity index is 1.45. The van der Waals surface area contributed by atoms with Crippen LogP contribution in [-0.2, 0) is 0 Å². The molecule has 1 heterocycles. The zero-order valence-corrected chi connectivity index (χ0v) is 19.4. The van der Waals surface area contributed by atoms with Gasteiger partial charge in [-0.15, -0.1) is 15.3 Å². The summed E-state index contributed by atoms with van der Waals surface area (Å²) in [4.78, 5) is 10.0. The number of azo groups is 2. The van der Waals surface area contributed by atoms with Gasteiger partial charge in [-0.25, -0.2) is 9.83 Å². The van der Waals surface area contributed by atoms with Crippen LogP contribution in [0.2, 0.25) is 0 Å². The van der Waals surface area contributed by atoms with Crippen LogP contribution in [0.1, 0.15) is 0 Å². The number of anilines is 1. The first kappa shape index (κ1) is 21.4. The average molecular weight is 462 g/mol. The molecule has 0 saturated carbocycles. The van der Waals surface area contributed by atoms with Crippen LogP contribution in [0.5, 0.6) is 0 Å². The number of thiazole rings is 1. The van der Waals surface area contributed by atoms with Crippen molar-refractivity contribution in [1.29, 1.82) is 0 Å². The van der Waals surface area contributed by atoms with Gasteiger partial charge in [-0.3, -0.25) is 0 Å². The molecule has 1 aromatic heterocycles. The summed E-state index contributed by atoms with van der Waals surface area (Å²) in [5, 5.41) is 20.1. The predicted molar refractivity (Wildman–Crippen MR) is 139 cm³/mol. The molecule has 5 rings (SSSR count). The van der Waals surface area contributed by atoms with Crippen molar-refractivity contribution in [2.45, 2.75) is 0 Å². The molecule has 0 aliphatic rings. The second-order valence-electron chi connectivity index (χ2n) is 7.72. The van der Waals surface area contributed by atoms with Crippen LogP contribution in [0.25, 0.3) is 25.8 Å². The summed E-state index contributed by atoms with van der Waals surface area (Å²) in [6, 6.07) is 25.1. The van der Waals surface area contributed by atoms with Crippen LogP contribution in [0.3, 0.4) is 0 Å². The normalized spacial score (nSPS) is 11.6. The lowest BCUT2D eigenvalue weighted by molar-refractivity contribution is 1.13. The molecular formula is C26H19N7S. The van der Waals surface area contributed by atoms with Crippen LogP contribution in [0, 0.1) is 6.57 Å². The van der Waals surface area contributed by atoms with Crippen molar-refractivity contribution in [2.24, 2.45) is 20.5 Å². The van der Waals surface area contributed by atoms with E-state index in [9.17, 15) is 0 Å². The number of hydrogen-bond acceptors (Lipinski definition) is 7. The van der Waals surface area contributed by atoms with Gasteiger partial charge in [0.05, 0.1) is 29.2 Å². The van der Waals surface area contributed by atoms with E-state index in [2.05, 4.69) is 30.3 Å². The maximum absolute atomic E-state index is 7.17. The monoisotopic (exact) mass is 461 g/mol. The Morgan fingerprint density at radius 3 is 2.12 bits per heavy atom. The van der Waals surface area contributed by atoms with Crippen LogP contribution in [0.15, 0.2) is 99.3 Å². The van der Waals surface area contributed by atoms with Crippen molar-refractivity contribution in [1.82, 2.24) is 4.98 Å². The van der Waals surface area contributed by atoms with E-state index in [1.165, 1.54) is 11.3 Å². The molecule has 164 valence electrons. The summed E-state index contributed by atoms with van der Waals surface area (Å²) >= 11 is 1.41. The fraction of sp³-hybridized carbons (Fsp3) is 0.0769. The molecule has 0 spiro atoms. The predicted octanol–water partition coefficient (Wildman–Crippen LogP) is 8.90. The van der Waals surface area contributed by atoms with E-state index in [1.54, 1.807) is 6.07 Å². The fourth-order valence-corrected chi connectivity index (χ4v) is 4.30. The maximum atomic E-state index is 7.17. The zero-order chi connectivity index (χ0) is 23.5. The van der Waals surface area contributed by atoms with Gasteiger partial charge in [0, 0.05) is 35.3 Å². The summed E-state index contributed by atoms with van der Waals surface area (Å²) in [7, 11) is 4.01. The lowest BCUT2D eigenvalue weighted by Gasteiger charge is -2.11. The molecule has 0 atom stereocenters. The molecule has 8 heteroatoms. The molecule has 0 radical (unpaired) electrons. The van der Waals surface area contributed by atoms with Crippen LogP contribution in [-0.4, -0.2) is 19.1 Å². The lowest BCUT2D eigenvalue weighted by atomic mass is 10.1. The van der Waals surface area contributed by atoms with Gasteiger partial charge in [-0.1, -0.05) is 41.7 Å². The van der Waals surface area contributed by atoms with E-state index < -0.39 is 0 Å². The molecule has 0 aliphatic heterocycles. The topological polar surface area (TPSA) is 69.9 Å². The van der Waals surface area contributed by atoms with Gasteiger partial charge in [-0.2, -0.15) is 5.11 Å². The summed E-state index contributed by atoms with van der Waals surface area (Å²) < 4.78 is 0.918. The molecule has 0 saturated heterocycles. The van der Waals surface area contributed by atoms with E-state index in [-0.39, 0.29) is 0 Å². The minimum absolute atomic E-state index is 0.547. The molecule has 0 amide bonds. The Kier molecular flexibility index (Phi) is 5.77. The van der Waals surface area contributed by atoms with Crippen molar-refractivity contribution >= 4 is 65.9 Å². The highest BCUT2D eigenvalue weighted by molar-refractivity contribution is 7.21. The quantitative estimate of drug-likeness (QED) is 0.194. The summed E-state index contributed by atoms with van der Waals surface area (Å²) in [5.41, 5.74) is 4.79. The van der Waals surface area contributed by atoms with Crippen molar-refractivity contribution in [2.75, 3.05) is 19.0 Å². The number of rotatable bonds is 5. The maximum Gasteiger partial charge on any atom is 0.231 e. The highest BCUT2D eigenvalue weighted by atomic mass is 32.1. The van der Waals surface area contributed by atoms with E-state index in [0.717, 1.165) is 43.7 Å². The number of aromatic nitrogens is 1. The Morgan fingerprint density at radius 2 is 1.47 bits per heavy atom. The Bertz CT molecular complexity index is 1590. The standard InChI is InChI=1S/C26H19N7S/c1-27-18-10-13-24-25(16-18)34-26(28-24)32-31-23-15-14-22(20-6-4-5-7-21(20)23)30-29-17-8-11-19(12-9-17)33(2)3/h4-16H,2-3H3. The summed E-state index contributed by atoms with van der Waals surface area (Å²) in [5.74, 6) is 0. The third-order valence-electron chi connectivity index (χ3n) is 5.25. The van der Waals surface area contributed by atoms with Gasteiger partial charge >= 0.3 is 0 Å². The van der Waals surface area contributed by atoms with E-state index in [0.29, 0.717) is 10.8 Å². The second-order valence-corrected chi connectivity index (χ2v) is 8.73. The van der Waals surface area contributed by atoms with Gasteiger partial charge in [0.2, 0.25) is 5.13 Å². The molecular weight excluding hydrogens is 442 g/mol. The fourth-order valence-electron chi connectivity index (χ4n) is 3.48. The van der Waals surface area contributed by atoms with Crippen LogP contribution in [0.4, 0.5) is 33.6 Å². The second kappa shape index (κ2) is 9.17. The lowest BCUT2D eigenvalue weighted by Crippen LogP contribution is -2.07. The highest BCUT2D eigenvalue weighted by Crippen LogP contribution is 2.36. The first-order valence-electron chi connectivity index (χ1n) is 10.5. The SMILES string of the molecule is [C-]#[N+]c1ccc2nc(N=Nc3ccc(N=Nc4ccc(N(C)C)cc4)c4ccccc34)sc2c1. The zero-order valence-electron chi connectivity index (χ0n) is 18.5. The van der Waals surface area contributed by atoms with Crippen LogP contribution < -0.4 is 4.90 Å². The molecule has 4 aromatic carbocycles. The van der Waals surface area contributed by atoms with Crippen molar-refractivity contribution < 1.29 is 0 Å².